The molecule has 1 atom stereocenters. The maximum absolute atomic E-state index is 12.6. The molecule has 1 amide bonds. The summed E-state index contributed by atoms with van der Waals surface area (Å²) in [5, 5.41) is 6.58. The third kappa shape index (κ3) is 4.93. The quantitative estimate of drug-likeness (QED) is 0.729. The molecule has 8 nitrogen and oxygen atoms in total. The molecule has 0 bridgehead atoms. The van der Waals surface area contributed by atoms with Crippen molar-refractivity contribution in [3.8, 4) is 0 Å². The van der Waals surface area contributed by atoms with E-state index in [1.54, 1.807) is 5.32 Å². The molecule has 2 rings (SSSR count). The lowest BCUT2D eigenvalue weighted by atomic mass is 10.3. The Morgan fingerprint density at radius 2 is 1.77 bits per heavy atom. The molecule has 1 saturated heterocycles. The van der Waals surface area contributed by atoms with Gasteiger partial charge >= 0.3 is 12.1 Å². The van der Waals surface area contributed by atoms with Gasteiger partial charge in [0, 0.05) is 18.3 Å². The number of alkyl halides is 3. The highest BCUT2D eigenvalue weighted by Gasteiger charge is 2.39. The van der Waals surface area contributed by atoms with Crippen molar-refractivity contribution in [2.24, 2.45) is 5.14 Å². The van der Waals surface area contributed by atoms with Gasteiger partial charge in [0.1, 0.15) is 0 Å². The van der Waals surface area contributed by atoms with Crippen LogP contribution in [-0.2, 0) is 24.8 Å². The number of benzene rings is 1. The molecular weight excluding hydrogens is 399 g/mol. The predicted octanol–water partition coefficient (Wildman–Crippen LogP) is 0.629. The number of nitrogens with zero attached hydrogens (tertiary/aromatic N) is 1. The first-order valence-electron chi connectivity index (χ1n) is 7.31. The average Bonchev–Trinajstić information content (AvgIpc) is 2.93. The molecule has 1 fully saturated rings. The molecule has 0 radical (unpaired) electrons. The minimum absolute atomic E-state index is 0.106. The number of hydrogen-bond acceptors (Lipinski definition) is 5. The number of primary sulfonamides is 1. The van der Waals surface area contributed by atoms with Crippen LogP contribution in [0.1, 0.15) is 12.8 Å². The third-order valence-electron chi connectivity index (χ3n) is 3.72. The van der Waals surface area contributed by atoms with Gasteiger partial charge in [0.15, 0.2) is 0 Å². The molecule has 13 heteroatoms. The van der Waals surface area contributed by atoms with E-state index in [1.807, 2.05) is 0 Å². The van der Waals surface area contributed by atoms with Crippen molar-refractivity contribution in [3.63, 3.8) is 0 Å². The Kier molecular flexibility index (Phi) is 5.66. The van der Waals surface area contributed by atoms with Gasteiger partial charge in [0.2, 0.25) is 20.0 Å². The summed E-state index contributed by atoms with van der Waals surface area (Å²) >= 11 is 0. The monoisotopic (exact) mass is 415 g/mol. The molecule has 1 aromatic rings. The van der Waals surface area contributed by atoms with E-state index in [0.717, 1.165) is 28.6 Å². The van der Waals surface area contributed by atoms with Crippen LogP contribution < -0.4 is 10.5 Å². The number of anilines is 1. The molecule has 0 aliphatic carbocycles. The standard InChI is InChI=1S/C13H16F3N3O5S2/c14-13(15,16)12(20)18-9-3-5-11(6-4-9)26(23,24)19-7-1-2-10(19)8-25(17,21)22/h3-6,10H,1-2,7-8H2,(H,18,20)(H2,17,21,22)/t10-/m1/s1. The number of rotatable bonds is 5. The normalized spacial score (nSPS) is 19.5. The molecule has 1 aliphatic heterocycles. The van der Waals surface area contributed by atoms with Crippen LogP contribution in [0.5, 0.6) is 0 Å². The molecule has 0 saturated carbocycles. The number of carbonyl (C=O) groups excluding carboxylic acids is 1. The van der Waals surface area contributed by atoms with E-state index >= 15 is 0 Å². The predicted molar refractivity (Wildman–Crippen MR) is 86.0 cm³/mol. The van der Waals surface area contributed by atoms with Crippen molar-refractivity contribution in [1.29, 1.82) is 0 Å². The van der Waals surface area contributed by atoms with Gasteiger partial charge in [-0.3, -0.25) is 4.79 Å². The lowest BCUT2D eigenvalue weighted by molar-refractivity contribution is -0.167. The second kappa shape index (κ2) is 7.13. The molecule has 0 unspecified atom stereocenters. The maximum atomic E-state index is 12.6. The van der Waals surface area contributed by atoms with Crippen LogP contribution in [0.2, 0.25) is 0 Å². The zero-order valence-corrected chi connectivity index (χ0v) is 14.9. The molecular formula is C13H16F3N3O5S2. The highest BCUT2D eigenvalue weighted by atomic mass is 32.2. The Morgan fingerprint density at radius 1 is 1.19 bits per heavy atom. The van der Waals surface area contributed by atoms with Crippen LogP contribution >= 0.6 is 0 Å². The van der Waals surface area contributed by atoms with Gasteiger partial charge in [0.05, 0.1) is 10.6 Å². The first-order valence-corrected chi connectivity index (χ1v) is 10.5. The van der Waals surface area contributed by atoms with Gasteiger partial charge in [-0.05, 0) is 37.1 Å². The summed E-state index contributed by atoms with van der Waals surface area (Å²) in [6, 6.07) is 3.30. The number of amides is 1. The molecule has 1 heterocycles. The van der Waals surface area contributed by atoms with E-state index in [-0.39, 0.29) is 17.1 Å². The van der Waals surface area contributed by atoms with Crippen molar-refractivity contribution < 1.29 is 34.8 Å². The van der Waals surface area contributed by atoms with E-state index in [2.05, 4.69) is 0 Å². The zero-order valence-electron chi connectivity index (χ0n) is 13.2. The summed E-state index contributed by atoms with van der Waals surface area (Å²) < 4.78 is 85.4. The molecule has 0 aromatic heterocycles. The number of nitrogens with one attached hydrogen (secondary N) is 1. The fraction of sp³-hybridized carbons (Fsp3) is 0.462. The fourth-order valence-corrected chi connectivity index (χ4v) is 5.28. The van der Waals surface area contributed by atoms with Crippen LogP contribution in [0.4, 0.5) is 18.9 Å². The lowest BCUT2D eigenvalue weighted by Crippen LogP contribution is -2.41. The molecule has 1 aromatic carbocycles. The molecule has 0 spiro atoms. The zero-order chi connectivity index (χ0) is 19.8. The number of sulfonamides is 2. The molecule has 1 aliphatic rings. The smallest absolute Gasteiger partial charge is 0.318 e. The van der Waals surface area contributed by atoms with Crippen LogP contribution in [0.15, 0.2) is 29.2 Å². The van der Waals surface area contributed by atoms with Gasteiger partial charge in [-0.2, -0.15) is 17.5 Å². The Labute approximate surface area is 148 Å². The minimum atomic E-state index is -5.07. The Balaban J connectivity index is 2.20. The lowest BCUT2D eigenvalue weighted by Gasteiger charge is -2.23. The van der Waals surface area contributed by atoms with E-state index in [0.29, 0.717) is 12.8 Å². The van der Waals surface area contributed by atoms with Crippen molar-refractivity contribution in [3.05, 3.63) is 24.3 Å². The highest BCUT2D eigenvalue weighted by Crippen LogP contribution is 2.27. The van der Waals surface area contributed by atoms with Crippen molar-refractivity contribution in [2.45, 2.75) is 30.0 Å². The summed E-state index contributed by atoms with van der Waals surface area (Å²) in [6.45, 7) is 0.106. The Bertz CT molecular complexity index is 883. The fourth-order valence-electron chi connectivity index (χ4n) is 2.61. The summed E-state index contributed by atoms with van der Waals surface area (Å²) in [5.41, 5.74) is -0.228. The first-order chi connectivity index (χ1) is 11.8. The first kappa shape index (κ1) is 20.6. The van der Waals surface area contributed by atoms with Gasteiger partial charge < -0.3 is 5.32 Å². The number of carbonyl (C=O) groups is 1. The van der Waals surface area contributed by atoms with Crippen LogP contribution in [0.25, 0.3) is 0 Å². The van der Waals surface area contributed by atoms with Crippen molar-refractivity contribution >= 4 is 31.6 Å². The van der Waals surface area contributed by atoms with Gasteiger partial charge in [-0.15, -0.1) is 0 Å². The average molecular weight is 415 g/mol. The highest BCUT2D eigenvalue weighted by molar-refractivity contribution is 7.90. The molecule has 146 valence electrons. The summed E-state index contributed by atoms with van der Waals surface area (Å²) in [4.78, 5) is 10.6. The largest absolute Gasteiger partial charge is 0.471 e. The Morgan fingerprint density at radius 3 is 2.27 bits per heavy atom. The number of hydrogen-bond donors (Lipinski definition) is 2. The van der Waals surface area contributed by atoms with E-state index in [4.69, 9.17) is 5.14 Å². The van der Waals surface area contributed by atoms with E-state index in [9.17, 15) is 34.8 Å². The van der Waals surface area contributed by atoms with Crippen LogP contribution in [0, 0.1) is 0 Å². The van der Waals surface area contributed by atoms with Crippen LogP contribution in [-0.4, -0.2) is 51.6 Å². The molecule has 26 heavy (non-hydrogen) atoms. The Hall–Kier alpha value is -1.70. The van der Waals surface area contributed by atoms with Crippen molar-refractivity contribution in [2.75, 3.05) is 17.6 Å². The third-order valence-corrected chi connectivity index (χ3v) is 6.54. The minimum Gasteiger partial charge on any atom is -0.318 e. The second-order valence-corrected chi connectivity index (χ2v) is 9.27. The summed E-state index contributed by atoms with van der Waals surface area (Å²) in [6.07, 6.45) is -4.28. The number of halogens is 3. The maximum Gasteiger partial charge on any atom is 0.471 e. The number of nitrogens with two attached hydrogens (primary N) is 1. The van der Waals surface area contributed by atoms with Crippen LogP contribution in [0.3, 0.4) is 0 Å². The second-order valence-electron chi connectivity index (χ2n) is 5.72. The molecule has 3 N–H and O–H groups in total. The van der Waals surface area contributed by atoms with E-state index in [1.165, 1.54) is 0 Å². The van der Waals surface area contributed by atoms with Gasteiger partial charge in [-0.1, -0.05) is 0 Å². The summed E-state index contributed by atoms with van der Waals surface area (Å²) in [5.74, 6) is -2.70. The summed E-state index contributed by atoms with van der Waals surface area (Å²) in [7, 11) is -7.93. The van der Waals surface area contributed by atoms with Crippen molar-refractivity contribution in [1.82, 2.24) is 4.31 Å². The van der Waals surface area contributed by atoms with E-state index < -0.39 is 43.9 Å². The van der Waals surface area contributed by atoms with Gasteiger partial charge in [-0.25, -0.2) is 22.0 Å². The SMILES string of the molecule is NS(=O)(=O)C[C@H]1CCCN1S(=O)(=O)c1ccc(NC(=O)C(F)(F)F)cc1. The topological polar surface area (TPSA) is 127 Å². The van der Waals surface area contributed by atoms with Gasteiger partial charge in [0.25, 0.3) is 0 Å².